The second kappa shape index (κ2) is 5.05. The van der Waals surface area contributed by atoms with Gasteiger partial charge in [-0.3, -0.25) is 4.99 Å². The van der Waals surface area contributed by atoms with E-state index < -0.39 is 0 Å². The number of hydrogen-bond acceptors (Lipinski definition) is 4. The van der Waals surface area contributed by atoms with Crippen molar-refractivity contribution >= 4 is 17.5 Å². The number of anilines is 1. The highest BCUT2D eigenvalue weighted by molar-refractivity contribution is 6.10. The van der Waals surface area contributed by atoms with Crippen LogP contribution in [0, 0.1) is 0 Å². The molecule has 0 aliphatic carbocycles. The number of benzene rings is 1. The van der Waals surface area contributed by atoms with Gasteiger partial charge in [0.2, 0.25) is 0 Å². The van der Waals surface area contributed by atoms with Crippen molar-refractivity contribution in [2.45, 2.75) is 0 Å². The Kier molecular flexibility index (Phi) is 3.74. The van der Waals surface area contributed by atoms with Crippen LogP contribution >= 0.6 is 0 Å². The zero-order valence-electron chi connectivity index (χ0n) is 8.90. The van der Waals surface area contributed by atoms with E-state index in [0.29, 0.717) is 11.4 Å². The van der Waals surface area contributed by atoms with E-state index in [1.165, 1.54) is 6.20 Å². The number of rotatable bonds is 3. The van der Waals surface area contributed by atoms with Crippen LogP contribution in [-0.2, 0) is 0 Å². The van der Waals surface area contributed by atoms with Crippen LogP contribution < -0.4 is 16.2 Å². The molecule has 1 aromatic rings. The summed E-state index contributed by atoms with van der Waals surface area (Å²) in [5, 5.41) is 0. The molecule has 4 N–H and O–H groups in total. The quantitative estimate of drug-likeness (QED) is 0.576. The summed E-state index contributed by atoms with van der Waals surface area (Å²) in [4.78, 5) is 3.92. The normalized spacial score (nSPS) is 12.0. The van der Waals surface area contributed by atoms with Gasteiger partial charge in [0.15, 0.2) is 0 Å². The number of ether oxygens (including phenoxy) is 1. The van der Waals surface area contributed by atoms with Crippen molar-refractivity contribution < 1.29 is 4.74 Å². The van der Waals surface area contributed by atoms with Crippen molar-refractivity contribution in [1.29, 1.82) is 0 Å². The van der Waals surface area contributed by atoms with Crippen LogP contribution in [0.3, 0.4) is 0 Å². The van der Waals surface area contributed by atoms with Gasteiger partial charge in [-0.05, 0) is 12.1 Å². The van der Waals surface area contributed by atoms with Gasteiger partial charge in [0.1, 0.15) is 5.75 Å². The van der Waals surface area contributed by atoms with Crippen molar-refractivity contribution in [3.05, 3.63) is 30.0 Å². The molecule has 0 unspecified atom stereocenters. The smallest absolute Gasteiger partial charge is 0.128 e. The standard InChI is InChI=1S/C11H15N3O/c1-14-7-8(6-12)10-4-3-9(13)5-11(10)15-2/h3-7H,12-13H2,1-2H3. The minimum atomic E-state index is 0.653. The van der Waals surface area contributed by atoms with E-state index in [1.54, 1.807) is 32.5 Å². The van der Waals surface area contributed by atoms with Crippen LogP contribution in [-0.4, -0.2) is 20.4 Å². The third-order valence-corrected chi connectivity index (χ3v) is 1.98. The van der Waals surface area contributed by atoms with E-state index in [4.69, 9.17) is 16.2 Å². The van der Waals surface area contributed by atoms with Crippen molar-refractivity contribution in [3.63, 3.8) is 0 Å². The molecule has 15 heavy (non-hydrogen) atoms. The Bertz CT molecular complexity index is 397. The molecule has 1 rings (SSSR count). The number of hydrogen-bond donors (Lipinski definition) is 2. The van der Waals surface area contributed by atoms with E-state index in [-0.39, 0.29) is 0 Å². The van der Waals surface area contributed by atoms with E-state index in [2.05, 4.69) is 4.99 Å². The molecule has 0 heterocycles. The first-order chi connectivity index (χ1) is 7.22. The van der Waals surface area contributed by atoms with Crippen LogP contribution in [0.1, 0.15) is 5.56 Å². The van der Waals surface area contributed by atoms with Gasteiger partial charge in [-0.1, -0.05) is 0 Å². The number of methoxy groups -OCH3 is 1. The van der Waals surface area contributed by atoms with Gasteiger partial charge in [0.05, 0.1) is 7.11 Å². The molecule has 0 aromatic heterocycles. The molecule has 4 nitrogen and oxygen atoms in total. The van der Waals surface area contributed by atoms with Crippen molar-refractivity contribution in [3.8, 4) is 5.75 Å². The van der Waals surface area contributed by atoms with Gasteiger partial charge in [-0.15, -0.1) is 0 Å². The molecular formula is C11H15N3O. The van der Waals surface area contributed by atoms with E-state index in [9.17, 15) is 0 Å². The molecule has 0 fully saturated rings. The van der Waals surface area contributed by atoms with Gasteiger partial charge in [0.25, 0.3) is 0 Å². The Hall–Kier alpha value is -1.97. The zero-order chi connectivity index (χ0) is 11.3. The van der Waals surface area contributed by atoms with Crippen molar-refractivity contribution in [1.82, 2.24) is 0 Å². The van der Waals surface area contributed by atoms with Gasteiger partial charge in [-0.2, -0.15) is 0 Å². The Morgan fingerprint density at radius 1 is 1.47 bits per heavy atom. The van der Waals surface area contributed by atoms with Crippen LogP contribution in [0.5, 0.6) is 5.75 Å². The molecule has 0 saturated carbocycles. The zero-order valence-corrected chi connectivity index (χ0v) is 8.90. The summed E-state index contributed by atoms with van der Waals surface area (Å²) in [6.07, 6.45) is 3.16. The van der Waals surface area contributed by atoms with Crippen LogP contribution in [0.4, 0.5) is 5.69 Å². The first kappa shape index (κ1) is 11.1. The molecule has 0 spiro atoms. The molecule has 80 valence electrons. The van der Waals surface area contributed by atoms with E-state index in [0.717, 1.165) is 11.1 Å². The lowest BCUT2D eigenvalue weighted by atomic mass is 10.1. The number of nitrogens with zero attached hydrogens (tertiary/aromatic N) is 1. The predicted octanol–water partition coefficient (Wildman–Crippen LogP) is 1.28. The van der Waals surface area contributed by atoms with Gasteiger partial charge in [-0.25, -0.2) is 0 Å². The fourth-order valence-corrected chi connectivity index (χ4v) is 1.29. The summed E-state index contributed by atoms with van der Waals surface area (Å²) in [6, 6.07) is 5.40. The van der Waals surface area contributed by atoms with Crippen molar-refractivity contribution in [2.24, 2.45) is 10.7 Å². The second-order valence-electron chi connectivity index (χ2n) is 2.97. The van der Waals surface area contributed by atoms with Crippen LogP contribution in [0.25, 0.3) is 5.57 Å². The minimum absolute atomic E-state index is 0.653. The summed E-state index contributed by atoms with van der Waals surface area (Å²) in [7, 11) is 3.28. The first-order valence-corrected chi connectivity index (χ1v) is 4.51. The molecule has 1 aromatic carbocycles. The maximum Gasteiger partial charge on any atom is 0.128 e. The lowest BCUT2D eigenvalue weighted by Gasteiger charge is -2.09. The van der Waals surface area contributed by atoms with Crippen LogP contribution in [0.2, 0.25) is 0 Å². The monoisotopic (exact) mass is 205 g/mol. The Morgan fingerprint density at radius 3 is 2.73 bits per heavy atom. The molecule has 0 amide bonds. The molecule has 0 aliphatic heterocycles. The molecule has 0 radical (unpaired) electrons. The summed E-state index contributed by atoms with van der Waals surface area (Å²) < 4.78 is 5.22. The highest BCUT2D eigenvalue weighted by atomic mass is 16.5. The summed E-state index contributed by atoms with van der Waals surface area (Å²) in [5.74, 6) is 0.687. The lowest BCUT2D eigenvalue weighted by molar-refractivity contribution is 0.414. The highest BCUT2D eigenvalue weighted by Crippen LogP contribution is 2.26. The minimum Gasteiger partial charge on any atom is -0.496 e. The number of allylic oxidation sites excluding steroid dienone is 1. The highest BCUT2D eigenvalue weighted by Gasteiger charge is 2.06. The number of nitrogens with two attached hydrogens (primary N) is 2. The van der Waals surface area contributed by atoms with E-state index in [1.807, 2.05) is 6.07 Å². The SMILES string of the molecule is CN=CC(=CN)c1ccc(N)cc1OC. The molecule has 4 heteroatoms. The fourth-order valence-electron chi connectivity index (χ4n) is 1.29. The molecule has 0 atom stereocenters. The summed E-state index contributed by atoms with van der Waals surface area (Å²) >= 11 is 0. The lowest BCUT2D eigenvalue weighted by Crippen LogP contribution is -1.97. The van der Waals surface area contributed by atoms with Crippen molar-refractivity contribution in [2.75, 3.05) is 19.9 Å². The predicted molar refractivity (Wildman–Crippen MR) is 64.0 cm³/mol. The largest absolute Gasteiger partial charge is 0.496 e. The topological polar surface area (TPSA) is 73.6 Å². The molecule has 0 saturated heterocycles. The summed E-state index contributed by atoms with van der Waals surface area (Å²) in [5.41, 5.74) is 13.5. The second-order valence-corrected chi connectivity index (χ2v) is 2.97. The number of aliphatic imine (C=N–C) groups is 1. The van der Waals surface area contributed by atoms with Gasteiger partial charge in [0, 0.05) is 42.4 Å². The molecular weight excluding hydrogens is 190 g/mol. The van der Waals surface area contributed by atoms with E-state index >= 15 is 0 Å². The van der Waals surface area contributed by atoms with Crippen LogP contribution in [0.15, 0.2) is 29.4 Å². The first-order valence-electron chi connectivity index (χ1n) is 4.51. The van der Waals surface area contributed by atoms with Gasteiger partial charge < -0.3 is 16.2 Å². The average molecular weight is 205 g/mol. The average Bonchev–Trinajstić information content (AvgIpc) is 2.26. The Morgan fingerprint density at radius 2 is 2.20 bits per heavy atom. The maximum atomic E-state index is 5.65. The molecule has 0 aliphatic rings. The Balaban J connectivity index is 3.23. The third-order valence-electron chi connectivity index (χ3n) is 1.98. The van der Waals surface area contributed by atoms with Gasteiger partial charge >= 0.3 is 0 Å². The maximum absolute atomic E-state index is 5.65. The third kappa shape index (κ3) is 2.49. The summed E-state index contributed by atoms with van der Waals surface area (Å²) in [6.45, 7) is 0. The fraction of sp³-hybridized carbons (Fsp3) is 0.182. The Labute approximate surface area is 89.3 Å². The number of nitrogen functional groups attached to an aromatic ring is 1. The molecule has 0 bridgehead atoms.